The molecular weight excluding hydrogens is 122 g/mol. The monoisotopic (exact) mass is 127 g/mol. The predicted molar refractivity (Wildman–Crippen MR) is 28.7 cm³/mol. The zero-order valence-electron chi connectivity index (χ0n) is 4.79. The van der Waals surface area contributed by atoms with E-state index in [1.54, 1.807) is 6.92 Å². The van der Waals surface area contributed by atoms with Crippen LogP contribution in [0.2, 0.25) is 0 Å². The van der Waals surface area contributed by atoms with Crippen molar-refractivity contribution in [2.75, 3.05) is 5.32 Å². The van der Waals surface area contributed by atoms with Crippen LogP contribution < -0.4 is 5.32 Å². The first-order valence-electron chi connectivity index (χ1n) is 2.33. The smallest absolute Gasteiger partial charge is 0.322 e. The summed E-state index contributed by atoms with van der Waals surface area (Å²) in [6.07, 6.45) is 0.479. The molecule has 0 saturated heterocycles. The maximum Gasteiger partial charge on any atom is 0.322 e. The zero-order valence-corrected chi connectivity index (χ0v) is 4.79. The van der Waals surface area contributed by atoms with Crippen LogP contribution in [-0.2, 0) is 4.79 Å². The SMILES string of the molecule is Cc1nnc(NC=O)o1. The lowest BCUT2D eigenvalue weighted by Gasteiger charge is -1.81. The van der Waals surface area contributed by atoms with Crippen LogP contribution in [-0.4, -0.2) is 16.6 Å². The molecule has 0 aliphatic rings. The van der Waals surface area contributed by atoms with Crippen LogP contribution >= 0.6 is 0 Å². The van der Waals surface area contributed by atoms with E-state index >= 15 is 0 Å². The number of nitrogens with one attached hydrogen (secondary N) is 1. The maximum atomic E-state index is 9.74. The Morgan fingerprint density at radius 3 is 2.89 bits per heavy atom. The van der Waals surface area contributed by atoms with Crippen molar-refractivity contribution >= 4 is 12.4 Å². The van der Waals surface area contributed by atoms with Gasteiger partial charge in [-0.3, -0.25) is 10.1 Å². The van der Waals surface area contributed by atoms with Crippen molar-refractivity contribution in [3.05, 3.63) is 5.89 Å². The molecular formula is C4H5N3O2. The molecule has 0 aromatic carbocycles. The number of aryl methyl sites for hydroxylation is 1. The van der Waals surface area contributed by atoms with E-state index in [1.807, 2.05) is 0 Å². The number of hydrogen-bond donors (Lipinski definition) is 1. The van der Waals surface area contributed by atoms with Gasteiger partial charge in [-0.15, -0.1) is 5.10 Å². The van der Waals surface area contributed by atoms with Crippen LogP contribution in [0, 0.1) is 6.92 Å². The zero-order chi connectivity index (χ0) is 6.69. The highest BCUT2D eigenvalue weighted by Crippen LogP contribution is 2.00. The van der Waals surface area contributed by atoms with E-state index in [0.29, 0.717) is 12.3 Å². The average molecular weight is 127 g/mol. The lowest BCUT2D eigenvalue weighted by Crippen LogP contribution is -1.92. The van der Waals surface area contributed by atoms with E-state index in [-0.39, 0.29) is 6.01 Å². The summed E-state index contributed by atoms with van der Waals surface area (Å²) in [4.78, 5) is 9.74. The summed E-state index contributed by atoms with van der Waals surface area (Å²) >= 11 is 0. The predicted octanol–water partition coefficient (Wildman–Crippen LogP) is -0.0537. The van der Waals surface area contributed by atoms with Crippen LogP contribution in [0.25, 0.3) is 0 Å². The third kappa shape index (κ3) is 1.25. The molecule has 0 radical (unpaired) electrons. The van der Waals surface area contributed by atoms with Gasteiger partial charge in [-0.25, -0.2) is 0 Å². The van der Waals surface area contributed by atoms with Gasteiger partial charge in [-0.1, -0.05) is 5.10 Å². The lowest BCUT2D eigenvalue weighted by atomic mass is 10.8. The first-order chi connectivity index (χ1) is 4.33. The second-order valence-electron chi connectivity index (χ2n) is 1.39. The highest BCUT2D eigenvalue weighted by Gasteiger charge is 1.96. The van der Waals surface area contributed by atoms with Gasteiger partial charge in [-0.05, 0) is 0 Å². The van der Waals surface area contributed by atoms with Crippen molar-refractivity contribution in [1.82, 2.24) is 10.2 Å². The molecule has 0 fully saturated rings. The summed E-state index contributed by atoms with van der Waals surface area (Å²) in [7, 11) is 0. The average Bonchev–Trinajstić information content (AvgIpc) is 2.17. The molecule has 1 heterocycles. The molecule has 0 saturated carbocycles. The second kappa shape index (κ2) is 2.25. The number of anilines is 1. The standard InChI is InChI=1S/C4H5N3O2/c1-3-6-7-4(9-3)5-2-8/h2H,1H3,(H,5,7,8). The van der Waals surface area contributed by atoms with Gasteiger partial charge in [0.2, 0.25) is 12.3 Å². The van der Waals surface area contributed by atoms with E-state index in [9.17, 15) is 4.79 Å². The third-order valence-electron chi connectivity index (χ3n) is 0.708. The Morgan fingerprint density at radius 1 is 1.67 bits per heavy atom. The Bertz CT molecular complexity index is 207. The van der Waals surface area contributed by atoms with E-state index < -0.39 is 0 Å². The number of rotatable bonds is 2. The van der Waals surface area contributed by atoms with Gasteiger partial charge in [-0.2, -0.15) is 0 Å². The van der Waals surface area contributed by atoms with Gasteiger partial charge in [0.05, 0.1) is 0 Å². The first-order valence-corrected chi connectivity index (χ1v) is 2.33. The molecule has 0 aliphatic heterocycles. The normalized spacial score (nSPS) is 9.00. The second-order valence-corrected chi connectivity index (χ2v) is 1.39. The fourth-order valence-corrected chi connectivity index (χ4v) is 0.405. The number of carbonyl (C=O) groups is 1. The summed E-state index contributed by atoms with van der Waals surface area (Å²) in [6, 6.07) is 0.127. The maximum absolute atomic E-state index is 9.74. The molecule has 0 aliphatic carbocycles. The summed E-state index contributed by atoms with van der Waals surface area (Å²) in [6.45, 7) is 1.64. The van der Waals surface area contributed by atoms with Gasteiger partial charge in [0, 0.05) is 6.92 Å². The van der Waals surface area contributed by atoms with E-state index in [2.05, 4.69) is 15.5 Å². The van der Waals surface area contributed by atoms with Gasteiger partial charge in [0.25, 0.3) is 0 Å². The fourth-order valence-electron chi connectivity index (χ4n) is 0.405. The molecule has 1 amide bonds. The van der Waals surface area contributed by atoms with Crippen molar-refractivity contribution in [3.8, 4) is 0 Å². The van der Waals surface area contributed by atoms with E-state index in [0.717, 1.165) is 0 Å². The highest BCUT2D eigenvalue weighted by atomic mass is 16.4. The van der Waals surface area contributed by atoms with Crippen LogP contribution in [0.15, 0.2) is 4.42 Å². The van der Waals surface area contributed by atoms with Gasteiger partial charge >= 0.3 is 6.01 Å². The van der Waals surface area contributed by atoms with E-state index in [1.165, 1.54) is 0 Å². The Balaban J connectivity index is 2.72. The van der Waals surface area contributed by atoms with Crippen LogP contribution in [0.4, 0.5) is 6.01 Å². The number of hydrogen-bond acceptors (Lipinski definition) is 4. The van der Waals surface area contributed by atoms with E-state index in [4.69, 9.17) is 4.42 Å². The number of nitrogens with zero attached hydrogens (tertiary/aromatic N) is 2. The van der Waals surface area contributed by atoms with Crippen molar-refractivity contribution in [1.29, 1.82) is 0 Å². The molecule has 1 aromatic heterocycles. The van der Waals surface area contributed by atoms with Gasteiger partial charge in [0.15, 0.2) is 0 Å². The Morgan fingerprint density at radius 2 is 2.44 bits per heavy atom. The first kappa shape index (κ1) is 5.74. The van der Waals surface area contributed by atoms with Crippen molar-refractivity contribution in [3.63, 3.8) is 0 Å². The summed E-state index contributed by atoms with van der Waals surface area (Å²) in [5.41, 5.74) is 0. The highest BCUT2D eigenvalue weighted by molar-refractivity contribution is 5.65. The summed E-state index contributed by atoms with van der Waals surface area (Å²) < 4.78 is 4.76. The molecule has 0 spiro atoms. The summed E-state index contributed by atoms with van der Waals surface area (Å²) in [5, 5.41) is 9.15. The minimum atomic E-state index is 0.127. The lowest BCUT2D eigenvalue weighted by molar-refractivity contribution is -0.105. The third-order valence-corrected chi connectivity index (χ3v) is 0.708. The molecule has 5 heteroatoms. The minimum Gasteiger partial charge on any atom is -0.408 e. The molecule has 0 atom stereocenters. The Kier molecular flexibility index (Phi) is 1.44. The molecule has 0 bridgehead atoms. The van der Waals surface area contributed by atoms with Crippen LogP contribution in [0.5, 0.6) is 0 Å². The molecule has 0 unspecified atom stereocenters. The topological polar surface area (TPSA) is 68.0 Å². The van der Waals surface area contributed by atoms with Crippen molar-refractivity contribution in [2.24, 2.45) is 0 Å². The quantitative estimate of drug-likeness (QED) is 0.565. The molecule has 48 valence electrons. The molecule has 1 rings (SSSR count). The minimum absolute atomic E-state index is 0.127. The Labute approximate surface area is 51.1 Å². The van der Waals surface area contributed by atoms with Crippen LogP contribution in [0.3, 0.4) is 0 Å². The molecule has 1 aromatic rings. The number of carbonyl (C=O) groups excluding carboxylic acids is 1. The molecule has 9 heavy (non-hydrogen) atoms. The van der Waals surface area contributed by atoms with Crippen molar-refractivity contribution < 1.29 is 9.21 Å². The summed E-state index contributed by atoms with van der Waals surface area (Å²) in [5.74, 6) is 0.430. The number of aromatic nitrogens is 2. The van der Waals surface area contributed by atoms with Crippen LogP contribution in [0.1, 0.15) is 5.89 Å². The van der Waals surface area contributed by atoms with Crippen molar-refractivity contribution in [2.45, 2.75) is 6.92 Å². The van der Waals surface area contributed by atoms with Gasteiger partial charge < -0.3 is 4.42 Å². The molecule has 1 N–H and O–H groups in total. The molecule has 5 nitrogen and oxygen atoms in total. The Hall–Kier alpha value is -1.39. The number of amides is 1. The fraction of sp³-hybridized carbons (Fsp3) is 0.250. The largest absolute Gasteiger partial charge is 0.408 e. The van der Waals surface area contributed by atoms with Gasteiger partial charge in [0.1, 0.15) is 0 Å².